The van der Waals surface area contributed by atoms with E-state index in [-0.39, 0.29) is 62.5 Å². The molecule has 0 spiro atoms. The second-order valence-electron chi connectivity index (χ2n) is 17.3. The van der Waals surface area contributed by atoms with Gasteiger partial charge in [-0.2, -0.15) is 0 Å². The molecule has 2 saturated heterocycles. The number of hydrogen-bond acceptors (Lipinski definition) is 18. The van der Waals surface area contributed by atoms with Crippen LogP contribution < -0.4 is 20.1 Å². The zero-order chi connectivity index (χ0) is 51.6. The normalized spacial score (nSPS) is 22.9. The van der Waals surface area contributed by atoms with Crippen molar-refractivity contribution < 1.29 is 76.8 Å². The summed E-state index contributed by atoms with van der Waals surface area (Å²) in [4.78, 5) is 61.4. The number of methoxy groups -OCH3 is 2. The van der Waals surface area contributed by atoms with Crippen molar-refractivity contribution in [2.45, 2.75) is 115 Å². The number of ether oxygens (including phenoxy) is 10. The minimum atomic E-state index is -1.24. The van der Waals surface area contributed by atoms with Gasteiger partial charge >= 0.3 is 11.9 Å². The molecule has 4 aromatic rings. The fourth-order valence-corrected chi connectivity index (χ4v) is 8.05. The largest absolute Gasteiger partial charge is 0.503 e. The van der Waals surface area contributed by atoms with E-state index in [0.717, 1.165) is 47.9 Å². The summed E-state index contributed by atoms with van der Waals surface area (Å²) in [7, 11) is 2.68. The highest BCUT2D eigenvalue weighted by Crippen LogP contribution is 2.31. The van der Waals surface area contributed by atoms with Crippen LogP contribution in [0, 0.1) is 0 Å². The zero-order valence-corrected chi connectivity index (χ0v) is 41.5. The van der Waals surface area contributed by atoms with Gasteiger partial charge in [-0.05, 0) is 55.0 Å². The molecule has 20 nitrogen and oxygen atoms in total. The van der Waals surface area contributed by atoms with Crippen LogP contribution in [0.1, 0.15) is 85.5 Å². The number of esters is 2. The third-order valence-corrected chi connectivity index (χ3v) is 12.0. The minimum absolute atomic E-state index is 0.00355. The van der Waals surface area contributed by atoms with Crippen molar-refractivity contribution in [3.05, 3.63) is 95.6 Å². The summed E-state index contributed by atoms with van der Waals surface area (Å²) < 4.78 is 59.7. The Morgan fingerprint density at radius 3 is 1.74 bits per heavy atom. The van der Waals surface area contributed by atoms with Crippen molar-refractivity contribution in [3.8, 4) is 34.1 Å². The molecule has 390 valence electrons. The Labute approximate surface area is 418 Å². The first-order valence-electron chi connectivity index (χ1n) is 24.1. The van der Waals surface area contributed by atoms with E-state index in [1.807, 2.05) is 62.4 Å². The lowest BCUT2D eigenvalue weighted by Gasteiger charge is -2.31. The van der Waals surface area contributed by atoms with Crippen molar-refractivity contribution in [3.63, 3.8) is 0 Å². The Bertz CT molecular complexity index is 2420. The molecule has 0 saturated carbocycles. The number of aromatic nitrogens is 2. The van der Waals surface area contributed by atoms with Crippen LogP contribution in [0.2, 0.25) is 0 Å². The van der Waals surface area contributed by atoms with Gasteiger partial charge in [0, 0.05) is 37.7 Å². The highest BCUT2D eigenvalue weighted by atomic mass is 16.6. The molecule has 0 unspecified atom stereocenters. The zero-order valence-electron chi connectivity index (χ0n) is 41.5. The summed E-state index contributed by atoms with van der Waals surface area (Å²) in [5.41, 5.74) is 2.75. The van der Waals surface area contributed by atoms with Crippen LogP contribution in [-0.2, 0) is 60.7 Å². The fourth-order valence-electron chi connectivity index (χ4n) is 8.05. The van der Waals surface area contributed by atoms with Crippen LogP contribution in [0.25, 0.3) is 11.1 Å². The molecule has 0 aliphatic carbocycles. The minimum Gasteiger partial charge on any atom is -0.503 e. The van der Waals surface area contributed by atoms with E-state index in [4.69, 9.17) is 47.4 Å². The number of carbonyl (C=O) groups is 4. The molecule has 4 N–H and O–H groups in total. The van der Waals surface area contributed by atoms with E-state index < -0.39 is 84.0 Å². The lowest BCUT2D eigenvalue weighted by atomic mass is 9.98. The first-order chi connectivity index (χ1) is 34.9. The summed E-state index contributed by atoms with van der Waals surface area (Å²) in [6.07, 6.45) is 1.38. The van der Waals surface area contributed by atoms with Crippen LogP contribution in [0.5, 0.6) is 23.0 Å². The van der Waals surface area contributed by atoms with Crippen molar-refractivity contribution in [1.29, 1.82) is 0 Å². The molecule has 2 aromatic heterocycles. The summed E-state index contributed by atoms with van der Waals surface area (Å²) in [5, 5.41) is 26.2. The predicted molar refractivity (Wildman–Crippen MR) is 258 cm³/mol. The Morgan fingerprint density at radius 2 is 1.18 bits per heavy atom. The number of rotatable bonds is 21. The van der Waals surface area contributed by atoms with Gasteiger partial charge in [-0.1, -0.05) is 69.2 Å². The van der Waals surface area contributed by atoms with Gasteiger partial charge in [-0.25, -0.2) is 19.6 Å². The van der Waals surface area contributed by atoms with Gasteiger partial charge in [-0.3, -0.25) is 9.59 Å². The number of amides is 2. The third kappa shape index (κ3) is 14.6. The van der Waals surface area contributed by atoms with Gasteiger partial charge in [0.25, 0.3) is 11.8 Å². The number of aromatic hydroxyl groups is 2. The number of carbonyl (C=O) groups excluding carboxylic acids is 4. The molecule has 0 bridgehead atoms. The van der Waals surface area contributed by atoms with E-state index in [1.165, 1.54) is 38.7 Å². The van der Waals surface area contributed by atoms with E-state index >= 15 is 0 Å². The summed E-state index contributed by atoms with van der Waals surface area (Å²) in [6, 6.07) is 15.9. The number of unbranched alkanes of at least 4 members (excludes halogenated alkanes) is 2. The average Bonchev–Trinajstić information content (AvgIpc) is 3.46. The van der Waals surface area contributed by atoms with Gasteiger partial charge < -0.3 is 68.2 Å². The number of hydrogen-bond donors (Lipinski definition) is 4. The van der Waals surface area contributed by atoms with Crippen molar-refractivity contribution in [1.82, 2.24) is 20.6 Å². The van der Waals surface area contributed by atoms with E-state index in [2.05, 4.69) is 20.6 Å². The van der Waals surface area contributed by atoms with Gasteiger partial charge in [0.2, 0.25) is 0 Å². The number of benzene rings is 2. The van der Waals surface area contributed by atoms with Gasteiger partial charge in [0.05, 0.1) is 53.9 Å². The van der Waals surface area contributed by atoms with Crippen LogP contribution in [0.4, 0.5) is 0 Å². The molecule has 20 heteroatoms. The highest BCUT2D eigenvalue weighted by molar-refractivity contribution is 5.98. The molecule has 2 aliphatic heterocycles. The van der Waals surface area contributed by atoms with E-state index in [1.54, 1.807) is 13.8 Å². The maximum absolute atomic E-state index is 13.6. The second-order valence-corrected chi connectivity index (χ2v) is 17.3. The van der Waals surface area contributed by atoms with E-state index in [0.29, 0.717) is 13.2 Å². The number of pyridine rings is 2. The molecule has 2 aliphatic rings. The average molecular weight is 1000 g/mol. The summed E-state index contributed by atoms with van der Waals surface area (Å²) >= 11 is 0. The predicted octanol–water partition coefficient (Wildman–Crippen LogP) is 5.23. The molecule has 8 atom stereocenters. The molecule has 6 rings (SSSR count). The lowest BCUT2D eigenvalue weighted by Crippen LogP contribution is -2.47. The van der Waals surface area contributed by atoms with Gasteiger partial charge in [0.15, 0.2) is 46.5 Å². The quantitative estimate of drug-likeness (QED) is 0.0616. The third-order valence-electron chi connectivity index (χ3n) is 12.0. The fraction of sp³-hybridized carbons (Fsp3) is 0.500. The molecule has 0 radical (unpaired) electrons. The monoisotopic (exact) mass is 1000 g/mol. The Kier molecular flexibility index (Phi) is 20.9. The molecule has 4 heterocycles. The Morgan fingerprint density at radius 1 is 0.653 bits per heavy atom. The number of cyclic esters (lactones) is 2. The topological polar surface area (TPSA) is 251 Å². The van der Waals surface area contributed by atoms with Crippen LogP contribution in [0.3, 0.4) is 0 Å². The molecular weight excluding hydrogens is 937 g/mol. The van der Waals surface area contributed by atoms with Gasteiger partial charge in [0.1, 0.15) is 36.6 Å². The second kappa shape index (κ2) is 27.4. The van der Waals surface area contributed by atoms with Crippen molar-refractivity contribution in [2.75, 3.05) is 53.9 Å². The molecule has 72 heavy (non-hydrogen) atoms. The van der Waals surface area contributed by atoms with Gasteiger partial charge in [-0.15, -0.1) is 0 Å². The Hall–Kier alpha value is -6.42. The molecule has 2 aromatic carbocycles. The summed E-state index contributed by atoms with van der Waals surface area (Å²) in [5.74, 6) is -4.04. The first-order valence-corrected chi connectivity index (χ1v) is 24.1. The number of nitrogens with zero attached hydrogens (tertiary/aromatic N) is 2. The molecular formula is C52H66N4O16. The van der Waals surface area contributed by atoms with Crippen molar-refractivity contribution >= 4 is 23.8 Å². The van der Waals surface area contributed by atoms with Crippen LogP contribution >= 0.6 is 0 Å². The SMILES string of the molecule is CCCCO[C@H]1[C@H](C)OC(=O)[C@@H](NC(=O)c2nccc(OC)c2O)COC[C@@H]1OCc1cccc(-c2ccccc2CO[C@H]2[C@H](C)OC(=O)[C@@H](NC(=O)c3nccc(OC)c3O)COC[C@@H]2OCCCC)c1. The lowest BCUT2D eigenvalue weighted by molar-refractivity contribution is -0.170. The smallest absolute Gasteiger partial charge is 0.331 e. The first kappa shape index (κ1) is 54.9. The number of nitrogens with one attached hydrogen (secondary N) is 2. The molecule has 2 amide bonds. The summed E-state index contributed by atoms with van der Waals surface area (Å²) in [6.45, 7) is 8.03. The highest BCUT2D eigenvalue weighted by Gasteiger charge is 2.39. The standard InChI is InChI=1S/C52H66N4O16/c1-7-9-22-67-41-29-65-27-37(55-49(59)43-45(57)39(63-5)18-20-53-43)52(62)72-32(4)48(41)70-26-35-15-11-12-17-36(35)34-16-13-14-33(24-34)25-69-42-30-66-28-38(51(61)71-31(3)47(42)68-23-10-8-2)56-50(60)44-46(58)40(64-6)19-21-54-44/h11-21,24,31-32,37-38,41-42,47-48,57-58H,7-10,22-23,25-30H2,1-6H3,(H,55,59)(H,56,60)/t31-,32-,37-,38-,41-,42-,47-,48-/m0/s1. The van der Waals surface area contributed by atoms with Crippen LogP contribution in [0.15, 0.2) is 73.1 Å². The Balaban J connectivity index is 1.14. The molecule has 2 fully saturated rings. The van der Waals surface area contributed by atoms with Crippen molar-refractivity contribution in [2.24, 2.45) is 0 Å². The maximum Gasteiger partial charge on any atom is 0.331 e. The maximum atomic E-state index is 13.6. The van der Waals surface area contributed by atoms with Crippen LogP contribution in [-0.4, -0.2) is 147 Å². The van der Waals surface area contributed by atoms with E-state index in [9.17, 15) is 29.4 Å².